The fourth-order valence-corrected chi connectivity index (χ4v) is 5.27. The molecule has 0 spiro atoms. The van der Waals surface area contributed by atoms with Crippen molar-refractivity contribution in [2.45, 2.75) is 65.5 Å². The summed E-state index contributed by atoms with van der Waals surface area (Å²) in [5.41, 5.74) is 1.71. The number of benzene rings is 1. The molecule has 1 heterocycles. The molecular formula is C22H30O2. The number of fused-ring (bicyclic) bond motifs is 3. The van der Waals surface area contributed by atoms with E-state index in [1.54, 1.807) is 0 Å². The van der Waals surface area contributed by atoms with Crippen molar-refractivity contribution in [3.8, 4) is 0 Å². The molecule has 2 saturated carbocycles. The molecule has 0 radical (unpaired) electrons. The predicted molar refractivity (Wildman–Crippen MR) is 97.4 cm³/mol. The van der Waals surface area contributed by atoms with Crippen LogP contribution in [0.25, 0.3) is 6.08 Å². The molecular weight excluding hydrogens is 296 g/mol. The van der Waals surface area contributed by atoms with Crippen molar-refractivity contribution in [3.05, 3.63) is 42.0 Å². The Balaban J connectivity index is 1.65. The maximum atomic E-state index is 6.50. The standard InChI is InChI=1S/C22H30O2/c1-20(2)16-13-14-22(5)17(12-11-15-9-7-6-8-10-15)23-21(3,4)24-19(22)18(16)20/h6-12,16-19H,13-14H2,1-5H3/b12-11+/t16-,17-,18-,19+,22+/m1/s1. The molecule has 2 aliphatic carbocycles. The van der Waals surface area contributed by atoms with Gasteiger partial charge in [0.15, 0.2) is 5.79 Å². The van der Waals surface area contributed by atoms with Gasteiger partial charge in [0.05, 0.1) is 12.2 Å². The average Bonchev–Trinajstić information content (AvgIpc) is 3.08. The summed E-state index contributed by atoms with van der Waals surface area (Å²) in [6.07, 6.45) is 7.35. The quantitative estimate of drug-likeness (QED) is 0.735. The Hall–Kier alpha value is -1.12. The van der Waals surface area contributed by atoms with Gasteiger partial charge in [0.1, 0.15) is 0 Å². The fourth-order valence-electron chi connectivity index (χ4n) is 5.27. The van der Waals surface area contributed by atoms with Crippen molar-refractivity contribution < 1.29 is 9.47 Å². The van der Waals surface area contributed by atoms with E-state index >= 15 is 0 Å². The van der Waals surface area contributed by atoms with Crippen LogP contribution in [0.15, 0.2) is 36.4 Å². The Morgan fingerprint density at radius 1 is 1.00 bits per heavy atom. The largest absolute Gasteiger partial charge is 0.346 e. The molecule has 2 nitrogen and oxygen atoms in total. The van der Waals surface area contributed by atoms with Crippen molar-refractivity contribution in [2.24, 2.45) is 22.7 Å². The molecule has 1 aliphatic heterocycles. The zero-order chi connectivity index (χ0) is 17.2. The van der Waals surface area contributed by atoms with Crippen LogP contribution in [-0.4, -0.2) is 18.0 Å². The average molecular weight is 326 g/mol. The molecule has 1 aromatic carbocycles. The predicted octanol–water partition coefficient (Wildman–Crippen LogP) is 5.29. The van der Waals surface area contributed by atoms with E-state index in [2.05, 4.69) is 77.1 Å². The van der Waals surface area contributed by atoms with Crippen LogP contribution in [0.1, 0.15) is 53.0 Å². The molecule has 0 aromatic heterocycles. The first-order valence-corrected chi connectivity index (χ1v) is 9.33. The van der Waals surface area contributed by atoms with Crippen LogP contribution in [0.3, 0.4) is 0 Å². The van der Waals surface area contributed by atoms with E-state index in [0.717, 1.165) is 5.92 Å². The van der Waals surface area contributed by atoms with Gasteiger partial charge in [-0.3, -0.25) is 0 Å². The van der Waals surface area contributed by atoms with Gasteiger partial charge in [-0.2, -0.15) is 0 Å². The Morgan fingerprint density at radius 3 is 2.42 bits per heavy atom. The summed E-state index contributed by atoms with van der Waals surface area (Å²) in [5, 5.41) is 0. The molecule has 130 valence electrons. The van der Waals surface area contributed by atoms with E-state index in [4.69, 9.17) is 9.47 Å². The van der Waals surface area contributed by atoms with Crippen LogP contribution in [0, 0.1) is 22.7 Å². The van der Waals surface area contributed by atoms with Crippen molar-refractivity contribution in [1.29, 1.82) is 0 Å². The van der Waals surface area contributed by atoms with Crippen molar-refractivity contribution in [3.63, 3.8) is 0 Å². The summed E-state index contributed by atoms with van der Waals surface area (Å²) in [6, 6.07) is 10.5. The van der Waals surface area contributed by atoms with Gasteiger partial charge in [-0.1, -0.05) is 63.3 Å². The van der Waals surface area contributed by atoms with E-state index in [1.807, 2.05) is 0 Å². The zero-order valence-electron chi connectivity index (χ0n) is 15.6. The van der Waals surface area contributed by atoms with Crippen LogP contribution in [-0.2, 0) is 9.47 Å². The highest BCUT2D eigenvalue weighted by atomic mass is 16.7. The third kappa shape index (κ3) is 2.46. The van der Waals surface area contributed by atoms with Gasteiger partial charge in [0, 0.05) is 5.41 Å². The highest BCUT2D eigenvalue weighted by Gasteiger charge is 2.70. The molecule has 24 heavy (non-hydrogen) atoms. The van der Waals surface area contributed by atoms with Gasteiger partial charge in [0.25, 0.3) is 0 Å². The lowest BCUT2D eigenvalue weighted by atomic mass is 9.68. The third-order valence-electron chi connectivity index (χ3n) is 6.84. The first-order chi connectivity index (χ1) is 11.2. The first-order valence-electron chi connectivity index (χ1n) is 9.33. The van der Waals surface area contributed by atoms with E-state index in [-0.39, 0.29) is 11.5 Å². The summed E-state index contributed by atoms with van der Waals surface area (Å²) in [7, 11) is 0. The van der Waals surface area contributed by atoms with Crippen LogP contribution in [0.4, 0.5) is 0 Å². The summed E-state index contributed by atoms with van der Waals surface area (Å²) < 4.78 is 12.9. The van der Waals surface area contributed by atoms with Gasteiger partial charge in [-0.25, -0.2) is 0 Å². The van der Waals surface area contributed by atoms with Gasteiger partial charge in [0.2, 0.25) is 0 Å². The van der Waals surface area contributed by atoms with E-state index in [1.165, 1.54) is 18.4 Å². The molecule has 3 aliphatic rings. The SMILES string of the molecule is CC1(C)O[C@H](/C=C/c2ccccc2)[C@]2(C)CC[C@@H]3[C@H]([C@@H]2O1)C3(C)C. The minimum atomic E-state index is -0.517. The molecule has 1 saturated heterocycles. The second-order valence-corrected chi connectivity index (χ2v) is 9.24. The van der Waals surface area contributed by atoms with Crippen LogP contribution in [0.5, 0.6) is 0 Å². The lowest BCUT2D eigenvalue weighted by molar-refractivity contribution is -0.345. The molecule has 3 fully saturated rings. The zero-order valence-corrected chi connectivity index (χ0v) is 15.6. The van der Waals surface area contributed by atoms with Crippen molar-refractivity contribution >= 4 is 6.08 Å². The molecule has 5 atom stereocenters. The molecule has 0 unspecified atom stereocenters. The second-order valence-electron chi connectivity index (χ2n) is 9.24. The smallest absolute Gasteiger partial charge is 0.163 e. The van der Waals surface area contributed by atoms with E-state index in [0.29, 0.717) is 17.4 Å². The van der Waals surface area contributed by atoms with Crippen LogP contribution >= 0.6 is 0 Å². The Bertz CT molecular complexity index is 645. The molecule has 4 rings (SSSR count). The lowest BCUT2D eigenvalue weighted by Crippen LogP contribution is -2.58. The molecule has 0 amide bonds. The molecule has 1 aromatic rings. The van der Waals surface area contributed by atoms with Gasteiger partial charge < -0.3 is 9.47 Å². The highest BCUT2D eigenvalue weighted by molar-refractivity contribution is 5.49. The highest BCUT2D eigenvalue weighted by Crippen LogP contribution is 2.70. The molecule has 2 heteroatoms. The Labute approximate surface area is 146 Å². The minimum Gasteiger partial charge on any atom is -0.346 e. The van der Waals surface area contributed by atoms with E-state index in [9.17, 15) is 0 Å². The Kier molecular flexibility index (Phi) is 3.54. The topological polar surface area (TPSA) is 18.5 Å². The number of hydrogen-bond acceptors (Lipinski definition) is 2. The first kappa shape index (κ1) is 16.4. The Morgan fingerprint density at radius 2 is 1.71 bits per heavy atom. The summed E-state index contributed by atoms with van der Waals surface area (Å²) in [6.45, 7) is 11.3. The molecule has 0 bridgehead atoms. The van der Waals surface area contributed by atoms with Crippen LogP contribution < -0.4 is 0 Å². The van der Waals surface area contributed by atoms with Crippen molar-refractivity contribution in [2.75, 3.05) is 0 Å². The molecule has 0 N–H and O–H groups in total. The second kappa shape index (κ2) is 5.19. The van der Waals surface area contributed by atoms with Gasteiger partial charge >= 0.3 is 0 Å². The normalized spacial score (nSPS) is 42.4. The summed E-state index contributed by atoms with van der Waals surface area (Å²) in [5.74, 6) is 0.978. The number of rotatable bonds is 2. The maximum absolute atomic E-state index is 6.50. The van der Waals surface area contributed by atoms with Gasteiger partial charge in [-0.05, 0) is 49.5 Å². The summed E-state index contributed by atoms with van der Waals surface area (Å²) >= 11 is 0. The fraction of sp³-hybridized carbons (Fsp3) is 0.636. The van der Waals surface area contributed by atoms with E-state index < -0.39 is 5.79 Å². The van der Waals surface area contributed by atoms with Gasteiger partial charge in [-0.15, -0.1) is 0 Å². The number of ether oxygens (including phenoxy) is 2. The van der Waals surface area contributed by atoms with Crippen molar-refractivity contribution in [1.82, 2.24) is 0 Å². The minimum absolute atomic E-state index is 0.0652. The lowest BCUT2D eigenvalue weighted by Gasteiger charge is -2.54. The summed E-state index contributed by atoms with van der Waals surface area (Å²) in [4.78, 5) is 0. The monoisotopic (exact) mass is 326 g/mol. The third-order valence-corrected chi connectivity index (χ3v) is 6.84. The van der Waals surface area contributed by atoms with Crippen LogP contribution in [0.2, 0.25) is 0 Å². The number of hydrogen-bond donors (Lipinski definition) is 0. The maximum Gasteiger partial charge on any atom is 0.163 e.